The Morgan fingerprint density at radius 1 is 0.891 bits per heavy atom. The fourth-order valence-corrected chi connectivity index (χ4v) is 6.66. The topological polar surface area (TPSA) is 219 Å². The van der Waals surface area contributed by atoms with Gasteiger partial charge in [-0.3, -0.25) is 24.0 Å². The van der Waals surface area contributed by atoms with E-state index in [1.807, 2.05) is 0 Å². The van der Waals surface area contributed by atoms with Crippen LogP contribution in [0, 0.1) is 0 Å². The molecule has 4 heterocycles. The molecule has 1 aliphatic rings. The second kappa shape index (κ2) is 16.9. The molecule has 0 radical (unpaired) electrons. The van der Waals surface area contributed by atoms with Gasteiger partial charge in [0.05, 0.1) is 11.4 Å². The van der Waals surface area contributed by atoms with Crippen LogP contribution in [0.2, 0.25) is 0 Å². The first-order valence-electron chi connectivity index (χ1n) is 17.8. The van der Waals surface area contributed by atoms with Crippen LogP contribution in [0.3, 0.4) is 0 Å². The Morgan fingerprint density at radius 3 is 2.40 bits per heavy atom. The summed E-state index contributed by atoms with van der Waals surface area (Å²) in [7, 11) is 3.31. The van der Waals surface area contributed by atoms with Gasteiger partial charge in [-0.1, -0.05) is 6.07 Å². The van der Waals surface area contributed by atoms with Crippen molar-refractivity contribution < 1.29 is 33.5 Å². The van der Waals surface area contributed by atoms with Gasteiger partial charge in [-0.25, -0.2) is 4.98 Å². The van der Waals surface area contributed by atoms with Gasteiger partial charge in [0.2, 0.25) is 17.6 Å². The summed E-state index contributed by atoms with van der Waals surface area (Å²) in [4.78, 5) is 70.2. The molecular weight excluding hydrogens is 730 g/mol. The molecule has 7 N–H and O–H groups in total. The summed E-state index contributed by atoms with van der Waals surface area (Å²) in [5, 5.41) is 21.7. The number of rotatable bonds is 15. The molecule has 0 spiro atoms. The number of carbonyl (C=O) groups excluding carboxylic acids is 5. The number of hydrogen-bond donors (Lipinski definition) is 6. The fraction of sp³-hybridized carbons (Fsp3) is 0.316. The van der Waals surface area contributed by atoms with Crippen LogP contribution in [0.25, 0.3) is 11.0 Å². The van der Waals surface area contributed by atoms with E-state index in [1.54, 1.807) is 66.2 Å². The number of phenolic OH excluding ortho intramolecular Hbond substituents is 1. The Labute approximate surface area is 321 Å². The normalized spacial score (nSPS) is 13.5. The highest BCUT2D eigenvalue weighted by atomic mass is 35.5. The maximum Gasteiger partial charge on any atom is 0.294 e. The van der Waals surface area contributed by atoms with Gasteiger partial charge in [0.1, 0.15) is 17.0 Å². The van der Waals surface area contributed by atoms with Crippen molar-refractivity contribution in [1.29, 1.82) is 0 Å². The molecular formula is C38H42ClN9O7. The quantitative estimate of drug-likeness (QED) is 0.0643. The Balaban J connectivity index is 0.969. The van der Waals surface area contributed by atoms with Crippen LogP contribution in [0.4, 0.5) is 22.9 Å². The SMILES string of the molecule is Cn1cc(NC(=O)CCCC(=O)Nc2ccc3oc(C(=O)N4CC(CCl)c5ccc(O)cc54)cc3c2)cc1C(=O)Nc1cn(C)c(C(=O)NCCCCN)n1. The maximum atomic E-state index is 13.5. The van der Waals surface area contributed by atoms with Gasteiger partial charge >= 0.3 is 0 Å². The first kappa shape index (κ1) is 38.6. The Morgan fingerprint density at radius 2 is 1.65 bits per heavy atom. The standard InChI is InChI=1S/C38H42ClN9O7/c1-46-20-25(16-29(46)36(52)45-32-21-47(2)35(44-32)37(53)41-13-4-3-12-40)43-34(51)7-5-6-33(50)42-24-8-11-30-22(14-24)15-31(55-30)38(54)48-19-23(18-39)27-10-9-26(49)17-28(27)48/h8-11,14-17,20-21,23,49H,3-7,12-13,18-19,40H2,1-2H3,(H,41,53)(H,42,50)(H,43,51)(H,45,52). The number of aromatic hydroxyl groups is 1. The van der Waals surface area contributed by atoms with Crippen LogP contribution in [-0.4, -0.2) is 74.3 Å². The number of unbranched alkanes of at least 4 members (excludes halogenated alkanes) is 1. The highest BCUT2D eigenvalue weighted by Crippen LogP contribution is 2.40. The number of hydrogen-bond acceptors (Lipinski definition) is 9. The van der Waals surface area contributed by atoms with Crippen molar-refractivity contribution in [3.63, 3.8) is 0 Å². The molecule has 288 valence electrons. The van der Waals surface area contributed by atoms with Crippen molar-refractivity contribution in [3.8, 4) is 5.75 Å². The average molecular weight is 772 g/mol. The first-order valence-corrected chi connectivity index (χ1v) is 18.3. The van der Waals surface area contributed by atoms with E-state index in [9.17, 15) is 29.1 Å². The average Bonchev–Trinajstić information content (AvgIpc) is 3.93. The molecule has 2 aromatic carbocycles. The zero-order valence-electron chi connectivity index (χ0n) is 30.4. The number of halogens is 1. The van der Waals surface area contributed by atoms with Gasteiger partial charge in [-0.15, -0.1) is 11.6 Å². The van der Waals surface area contributed by atoms with Crippen LogP contribution in [0.1, 0.15) is 75.2 Å². The number of fused-ring (bicyclic) bond motifs is 2. The monoisotopic (exact) mass is 771 g/mol. The number of carbonyl (C=O) groups is 5. The summed E-state index contributed by atoms with van der Waals surface area (Å²) in [6.07, 6.45) is 5.06. The van der Waals surface area contributed by atoms with Crippen molar-refractivity contribution in [3.05, 3.63) is 83.8 Å². The first-order chi connectivity index (χ1) is 26.4. The summed E-state index contributed by atoms with van der Waals surface area (Å²) in [6.45, 7) is 1.36. The zero-order valence-corrected chi connectivity index (χ0v) is 31.1. The second-order valence-electron chi connectivity index (χ2n) is 13.3. The minimum absolute atomic E-state index is 0.0423. The van der Waals surface area contributed by atoms with E-state index in [0.29, 0.717) is 53.5 Å². The van der Waals surface area contributed by atoms with Crippen molar-refractivity contribution in [1.82, 2.24) is 19.4 Å². The van der Waals surface area contributed by atoms with Gasteiger partial charge in [-0.05, 0) is 67.8 Å². The number of aromatic nitrogens is 3. The minimum atomic E-state index is -0.483. The fourth-order valence-electron chi connectivity index (χ4n) is 6.40. The molecule has 5 amide bonds. The molecule has 0 bridgehead atoms. The van der Waals surface area contributed by atoms with E-state index in [0.717, 1.165) is 18.4 Å². The maximum absolute atomic E-state index is 13.5. The lowest BCUT2D eigenvalue weighted by atomic mass is 10.0. The number of nitrogens with zero attached hydrogens (tertiary/aromatic N) is 4. The smallest absolute Gasteiger partial charge is 0.294 e. The third kappa shape index (κ3) is 8.99. The summed E-state index contributed by atoms with van der Waals surface area (Å²) >= 11 is 6.15. The van der Waals surface area contributed by atoms with Crippen molar-refractivity contribution in [2.24, 2.45) is 19.8 Å². The van der Waals surface area contributed by atoms with Crippen molar-refractivity contribution in [2.45, 2.75) is 38.0 Å². The molecule has 0 saturated carbocycles. The lowest BCUT2D eigenvalue weighted by Gasteiger charge is -2.16. The van der Waals surface area contributed by atoms with Crippen LogP contribution in [0.15, 0.2) is 65.3 Å². The molecule has 5 aromatic rings. The number of aryl methyl sites for hydroxylation is 2. The highest BCUT2D eigenvalue weighted by molar-refractivity contribution is 6.19. The molecule has 3 aromatic heterocycles. The number of alkyl halides is 1. The number of amides is 5. The molecule has 1 unspecified atom stereocenters. The Kier molecular flexibility index (Phi) is 11.9. The number of nitrogens with two attached hydrogens (primary N) is 1. The van der Waals surface area contributed by atoms with Crippen molar-refractivity contribution in [2.75, 3.05) is 46.4 Å². The lowest BCUT2D eigenvalue weighted by molar-refractivity contribution is -0.117. The predicted octanol–water partition coefficient (Wildman–Crippen LogP) is 4.66. The third-order valence-corrected chi connectivity index (χ3v) is 9.53. The minimum Gasteiger partial charge on any atom is -0.508 e. The lowest BCUT2D eigenvalue weighted by Crippen LogP contribution is -2.29. The second-order valence-corrected chi connectivity index (χ2v) is 13.6. The predicted molar refractivity (Wildman–Crippen MR) is 208 cm³/mol. The molecule has 1 atom stereocenters. The van der Waals surface area contributed by atoms with E-state index >= 15 is 0 Å². The number of imidazole rings is 1. The third-order valence-electron chi connectivity index (χ3n) is 9.16. The Hall–Kier alpha value is -6.13. The van der Waals surface area contributed by atoms with Crippen LogP contribution in [-0.2, 0) is 23.7 Å². The zero-order chi connectivity index (χ0) is 39.2. The molecule has 16 nitrogen and oxygen atoms in total. The van der Waals surface area contributed by atoms with Crippen LogP contribution in [0.5, 0.6) is 5.75 Å². The van der Waals surface area contributed by atoms with Gasteiger partial charge in [0, 0.05) is 81.4 Å². The summed E-state index contributed by atoms with van der Waals surface area (Å²) in [5.74, 6) is -1.11. The molecule has 55 heavy (non-hydrogen) atoms. The molecule has 0 fully saturated rings. The molecule has 0 aliphatic carbocycles. The molecule has 17 heteroatoms. The van der Waals surface area contributed by atoms with Gasteiger partial charge < -0.3 is 50.6 Å². The number of furan rings is 1. The van der Waals surface area contributed by atoms with E-state index in [4.69, 9.17) is 21.8 Å². The molecule has 6 rings (SSSR count). The Bertz CT molecular complexity index is 2260. The van der Waals surface area contributed by atoms with Crippen molar-refractivity contribution >= 4 is 75.0 Å². The van der Waals surface area contributed by atoms with E-state index in [-0.39, 0.29) is 77.7 Å². The van der Waals surface area contributed by atoms with E-state index < -0.39 is 5.91 Å². The van der Waals surface area contributed by atoms with E-state index in [2.05, 4.69) is 26.3 Å². The van der Waals surface area contributed by atoms with Gasteiger partial charge in [0.25, 0.3) is 17.7 Å². The number of anilines is 4. The number of phenols is 1. The molecule has 1 aliphatic heterocycles. The summed E-state index contributed by atoms with van der Waals surface area (Å²) < 4.78 is 8.92. The summed E-state index contributed by atoms with van der Waals surface area (Å²) in [6, 6.07) is 13.0. The summed E-state index contributed by atoms with van der Waals surface area (Å²) in [5.41, 5.74) is 8.57. The van der Waals surface area contributed by atoms with Gasteiger partial charge in [0.15, 0.2) is 11.6 Å². The largest absolute Gasteiger partial charge is 0.508 e. The number of nitrogens with one attached hydrogen (secondary N) is 4. The molecule has 0 saturated heterocycles. The van der Waals surface area contributed by atoms with E-state index in [1.165, 1.54) is 22.9 Å². The highest BCUT2D eigenvalue weighted by Gasteiger charge is 2.34. The van der Waals surface area contributed by atoms with Crippen LogP contribution < -0.4 is 31.9 Å². The number of benzene rings is 2. The van der Waals surface area contributed by atoms with Crippen LogP contribution >= 0.6 is 11.6 Å². The van der Waals surface area contributed by atoms with Gasteiger partial charge in [-0.2, -0.15) is 0 Å².